The minimum absolute atomic E-state index is 0.344. The third kappa shape index (κ3) is 3.29. The Morgan fingerprint density at radius 2 is 1.65 bits per heavy atom. The summed E-state index contributed by atoms with van der Waals surface area (Å²) in [6.07, 6.45) is 1.09. The van der Waals surface area contributed by atoms with Crippen LogP contribution in [0.2, 0.25) is 0 Å². The second kappa shape index (κ2) is 6.07. The minimum atomic E-state index is -3.44. The summed E-state index contributed by atoms with van der Waals surface area (Å²) in [5.41, 5.74) is 1.01. The molecule has 2 atom stereocenters. The van der Waals surface area contributed by atoms with Gasteiger partial charge in [-0.15, -0.1) is 0 Å². The van der Waals surface area contributed by atoms with Gasteiger partial charge in [0.15, 0.2) is 0 Å². The van der Waals surface area contributed by atoms with Crippen LogP contribution in [0.1, 0.15) is 25.8 Å². The van der Waals surface area contributed by atoms with Crippen LogP contribution in [-0.4, -0.2) is 25.8 Å². The molecule has 2 rings (SSSR count). The number of aryl methyl sites for hydroxylation is 1. The summed E-state index contributed by atoms with van der Waals surface area (Å²) >= 11 is 6.80. The van der Waals surface area contributed by atoms with Crippen molar-refractivity contribution < 1.29 is 8.42 Å². The molecule has 1 aromatic carbocycles. The van der Waals surface area contributed by atoms with Gasteiger partial charge in [0.2, 0.25) is 10.0 Å². The van der Waals surface area contributed by atoms with E-state index in [9.17, 15) is 8.42 Å². The monoisotopic (exact) mass is 423 g/mol. The molecule has 2 unspecified atom stereocenters. The van der Waals surface area contributed by atoms with Crippen LogP contribution in [0.4, 0.5) is 0 Å². The molecular weight excluding hydrogens is 406 g/mol. The minimum Gasteiger partial charge on any atom is -0.207 e. The van der Waals surface area contributed by atoms with Gasteiger partial charge < -0.3 is 0 Å². The summed E-state index contributed by atoms with van der Waals surface area (Å²) in [6, 6.07) is 3.53. The molecule has 0 saturated carbocycles. The van der Waals surface area contributed by atoms with Crippen molar-refractivity contribution in [2.24, 2.45) is 11.8 Å². The van der Waals surface area contributed by atoms with Gasteiger partial charge in [-0.25, -0.2) is 8.42 Å². The molecule has 1 aromatic rings. The van der Waals surface area contributed by atoms with Gasteiger partial charge >= 0.3 is 0 Å². The molecule has 6 heteroatoms. The van der Waals surface area contributed by atoms with Crippen molar-refractivity contribution in [3.8, 4) is 0 Å². The van der Waals surface area contributed by atoms with Crippen LogP contribution in [0.3, 0.4) is 0 Å². The van der Waals surface area contributed by atoms with Gasteiger partial charge in [-0.05, 0) is 58.8 Å². The summed E-state index contributed by atoms with van der Waals surface area (Å²) in [6.45, 7) is 7.36. The molecule has 0 aliphatic carbocycles. The van der Waals surface area contributed by atoms with Crippen LogP contribution >= 0.6 is 31.9 Å². The highest BCUT2D eigenvalue weighted by Gasteiger charge is 2.33. The molecule has 0 amide bonds. The van der Waals surface area contributed by atoms with E-state index < -0.39 is 10.0 Å². The molecule has 20 heavy (non-hydrogen) atoms. The number of sulfonamides is 1. The molecule has 0 aromatic heterocycles. The standard InChI is InChI=1S/C14H19Br2NO2S/c1-9-4-10(2)8-17(7-9)20(18,19)14-6-12(15)11(3)5-13(14)16/h5-6,9-10H,4,7-8H2,1-3H3. The number of rotatable bonds is 2. The summed E-state index contributed by atoms with van der Waals surface area (Å²) in [5, 5.41) is 0. The quantitative estimate of drug-likeness (QED) is 0.713. The first kappa shape index (κ1) is 16.5. The van der Waals surface area contributed by atoms with E-state index in [0.717, 1.165) is 16.5 Å². The maximum atomic E-state index is 12.8. The average Bonchev–Trinajstić information content (AvgIpc) is 2.32. The third-order valence-corrected chi connectivity index (χ3v) is 7.31. The van der Waals surface area contributed by atoms with Crippen molar-refractivity contribution in [2.45, 2.75) is 32.1 Å². The number of benzene rings is 1. The van der Waals surface area contributed by atoms with E-state index in [4.69, 9.17) is 0 Å². The fourth-order valence-electron chi connectivity index (χ4n) is 2.77. The first-order valence-corrected chi connectivity index (χ1v) is 9.70. The zero-order chi connectivity index (χ0) is 15.1. The Hall–Kier alpha value is 0.0900. The van der Waals surface area contributed by atoms with Crippen molar-refractivity contribution in [2.75, 3.05) is 13.1 Å². The zero-order valence-electron chi connectivity index (χ0n) is 11.9. The van der Waals surface area contributed by atoms with Crippen LogP contribution < -0.4 is 0 Å². The number of nitrogens with zero attached hydrogens (tertiary/aromatic N) is 1. The maximum Gasteiger partial charge on any atom is 0.244 e. The first-order valence-electron chi connectivity index (χ1n) is 6.67. The second-order valence-corrected chi connectivity index (χ2v) is 9.41. The van der Waals surface area contributed by atoms with Crippen LogP contribution in [-0.2, 0) is 10.0 Å². The molecule has 0 bridgehead atoms. The molecule has 1 aliphatic rings. The molecule has 1 heterocycles. The van der Waals surface area contributed by atoms with E-state index in [1.165, 1.54) is 0 Å². The highest BCUT2D eigenvalue weighted by atomic mass is 79.9. The Balaban J connectivity index is 2.42. The van der Waals surface area contributed by atoms with Crippen molar-refractivity contribution in [1.82, 2.24) is 4.31 Å². The Kier molecular flexibility index (Phi) is 4.99. The van der Waals surface area contributed by atoms with Crippen molar-refractivity contribution in [3.63, 3.8) is 0 Å². The topological polar surface area (TPSA) is 37.4 Å². The molecule has 0 N–H and O–H groups in total. The van der Waals surface area contributed by atoms with Crippen molar-refractivity contribution in [3.05, 3.63) is 26.6 Å². The van der Waals surface area contributed by atoms with Gasteiger partial charge in [-0.1, -0.05) is 29.8 Å². The van der Waals surface area contributed by atoms with Crippen LogP contribution in [0.15, 0.2) is 26.0 Å². The van der Waals surface area contributed by atoms with Crippen LogP contribution in [0, 0.1) is 18.8 Å². The number of hydrogen-bond donors (Lipinski definition) is 0. The summed E-state index contributed by atoms with van der Waals surface area (Å²) in [4.78, 5) is 0.344. The molecule has 0 spiro atoms. The molecule has 1 aliphatic heterocycles. The fraction of sp³-hybridized carbons (Fsp3) is 0.571. The van der Waals surface area contributed by atoms with Crippen LogP contribution in [0.25, 0.3) is 0 Å². The van der Waals surface area contributed by atoms with Gasteiger partial charge in [0.1, 0.15) is 0 Å². The van der Waals surface area contributed by atoms with E-state index in [1.807, 2.05) is 13.0 Å². The first-order chi connectivity index (χ1) is 9.21. The summed E-state index contributed by atoms with van der Waals surface area (Å²) in [5.74, 6) is 0.808. The molecule has 3 nitrogen and oxygen atoms in total. The molecule has 112 valence electrons. The average molecular weight is 425 g/mol. The van der Waals surface area contributed by atoms with Crippen molar-refractivity contribution in [1.29, 1.82) is 0 Å². The lowest BCUT2D eigenvalue weighted by Gasteiger charge is -2.34. The van der Waals surface area contributed by atoms with E-state index >= 15 is 0 Å². The smallest absolute Gasteiger partial charge is 0.207 e. The van der Waals surface area contributed by atoms with Crippen LogP contribution in [0.5, 0.6) is 0 Å². The van der Waals surface area contributed by atoms with E-state index in [0.29, 0.717) is 34.3 Å². The third-order valence-electron chi connectivity index (χ3n) is 3.67. The lowest BCUT2D eigenvalue weighted by Crippen LogP contribution is -2.42. The number of hydrogen-bond acceptors (Lipinski definition) is 2. The SMILES string of the molecule is Cc1cc(Br)c(S(=O)(=O)N2CC(C)CC(C)C2)cc1Br. The van der Waals surface area contributed by atoms with Crippen molar-refractivity contribution >= 4 is 41.9 Å². The van der Waals surface area contributed by atoms with Gasteiger partial charge in [0.25, 0.3) is 0 Å². The lowest BCUT2D eigenvalue weighted by molar-refractivity contribution is 0.222. The van der Waals surface area contributed by atoms with Gasteiger partial charge in [-0.2, -0.15) is 4.31 Å². The zero-order valence-corrected chi connectivity index (χ0v) is 15.8. The largest absolute Gasteiger partial charge is 0.244 e. The predicted octanol–water partition coefficient (Wildman–Crippen LogP) is 4.19. The Labute approximate surface area is 138 Å². The summed E-state index contributed by atoms with van der Waals surface area (Å²) < 4.78 is 28.7. The highest BCUT2D eigenvalue weighted by Crippen LogP contribution is 2.33. The normalized spacial score (nSPS) is 24.9. The van der Waals surface area contributed by atoms with E-state index in [-0.39, 0.29) is 0 Å². The lowest BCUT2D eigenvalue weighted by atomic mass is 9.94. The number of piperidine rings is 1. The molecular formula is C14H19Br2NO2S. The van der Waals surface area contributed by atoms with Gasteiger partial charge in [0.05, 0.1) is 4.90 Å². The Morgan fingerprint density at radius 1 is 1.10 bits per heavy atom. The summed E-state index contributed by atoms with van der Waals surface area (Å²) in [7, 11) is -3.44. The van der Waals surface area contributed by atoms with E-state index in [1.54, 1.807) is 10.4 Å². The highest BCUT2D eigenvalue weighted by molar-refractivity contribution is 9.11. The molecule has 1 saturated heterocycles. The maximum absolute atomic E-state index is 12.8. The van der Waals surface area contributed by atoms with Gasteiger partial charge in [-0.3, -0.25) is 0 Å². The predicted molar refractivity (Wildman–Crippen MR) is 88.3 cm³/mol. The second-order valence-electron chi connectivity index (χ2n) is 5.80. The Bertz CT molecular complexity index is 606. The van der Waals surface area contributed by atoms with Gasteiger partial charge in [0, 0.05) is 22.0 Å². The fourth-order valence-corrected chi connectivity index (χ4v) is 6.08. The molecule has 1 fully saturated rings. The Morgan fingerprint density at radius 3 is 2.20 bits per heavy atom. The molecule has 0 radical (unpaired) electrons. The number of halogens is 2. The van der Waals surface area contributed by atoms with E-state index in [2.05, 4.69) is 45.7 Å².